The average molecular weight is 427 g/mol. The molecule has 1 saturated carbocycles. The van der Waals surface area contributed by atoms with Crippen LogP contribution in [-0.2, 0) is 20.8 Å². The lowest BCUT2D eigenvalue weighted by Gasteiger charge is -2.38. The number of carbonyl (C=O) groups is 3. The summed E-state index contributed by atoms with van der Waals surface area (Å²) in [7, 11) is 0. The van der Waals surface area contributed by atoms with Gasteiger partial charge in [-0.3, -0.25) is 19.3 Å². The topological polar surface area (TPSA) is 73.0 Å². The van der Waals surface area contributed by atoms with Gasteiger partial charge >= 0.3 is 0 Å². The van der Waals surface area contributed by atoms with Gasteiger partial charge in [0, 0.05) is 56.8 Å². The van der Waals surface area contributed by atoms with Gasteiger partial charge in [0.15, 0.2) is 0 Å². The molecule has 1 aromatic rings. The van der Waals surface area contributed by atoms with Gasteiger partial charge in [-0.1, -0.05) is 25.1 Å². The Balaban J connectivity index is 1.19. The largest absolute Gasteiger partial charge is 0.342 e. The minimum atomic E-state index is -0.00613. The minimum Gasteiger partial charge on any atom is -0.342 e. The summed E-state index contributed by atoms with van der Waals surface area (Å²) >= 11 is 0. The summed E-state index contributed by atoms with van der Waals surface area (Å²) < 4.78 is 0. The fraction of sp³-hybridized carbons (Fsp3) is 0.625. The smallest absolute Gasteiger partial charge is 0.238 e. The van der Waals surface area contributed by atoms with Crippen LogP contribution in [0.15, 0.2) is 24.3 Å². The Morgan fingerprint density at radius 3 is 2.03 bits per heavy atom. The molecule has 31 heavy (non-hydrogen) atoms. The molecule has 0 bridgehead atoms. The van der Waals surface area contributed by atoms with E-state index in [-0.39, 0.29) is 23.7 Å². The lowest BCUT2D eigenvalue weighted by Crippen LogP contribution is -2.53. The summed E-state index contributed by atoms with van der Waals surface area (Å²) in [6.45, 7) is 6.62. The van der Waals surface area contributed by atoms with Crippen molar-refractivity contribution in [3.8, 4) is 0 Å². The van der Waals surface area contributed by atoms with E-state index in [2.05, 4.69) is 17.1 Å². The van der Waals surface area contributed by atoms with Crippen LogP contribution in [0.25, 0.3) is 0 Å². The van der Waals surface area contributed by atoms with E-state index in [0.29, 0.717) is 51.7 Å². The summed E-state index contributed by atoms with van der Waals surface area (Å²) in [5, 5.41) is 3.03. The fourth-order valence-corrected chi connectivity index (χ4v) is 4.66. The Bertz CT molecular complexity index is 807. The highest BCUT2D eigenvalue weighted by Gasteiger charge is 2.37. The highest BCUT2D eigenvalue weighted by Crippen LogP contribution is 2.32. The van der Waals surface area contributed by atoms with Crippen molar-refractivity contribution in [1.29, 1.82) is 0 Å². The lowest BCUT2D eigenvalue weighted by molar-refractivity contribution is -0.142. The predicted molar refractivity (Wildman–Crippen MR) is 119 cm³/mol. The van der Waals surface area contributed by atoms with Crippen molar-refractivity contribution >= 4 is 23.4 Å². The van der Waals surface area contributed by atoms with Crippen LogP contribution in [0.4, 0.5) is 5.69 Å². The SMILES string of the molecule is CCc1ccccc1NC(=O)CN1CCN(C(=O)C2CCN(C(=O)C3CC3)CC2)CC1. The molecular weight excluding hydrogens is 392 g/mol. The van der Waals surface area contributed by atoms with Gasteiger partial charge in [0.2, 0.25) is 17.7 Å². The number of aryl methyl sites for hydroxylation is 1. The molecule has 0 unspecified atom stereocenters. The summed E-state index contributed by atoms with van der Waals surface area (Å²) in [5.41, 5.74) is 2.02. The number of hydrogen-bond donors (Lipinski definition) is 1. The first-order chi connectivity index (χ1) is 15.0. The van der Waals surface area contributed by atoms with Crippen molar-refractivity contribution in [3.63, 3.8) is 0 Å². The van der Waals surface area contributed by atoms with E-state index >= 15 is 0 Å². The number of piperazine rings is 1. The van der Waals surface area contributed by atoms with Crippen LogP contribution in [0.5, 0.6) is 0 Å². The zero-order valence-corrected chi connectivity index (χ0v) is 18.5. The molecule has 0 spiro atoms. The number of nitrogens with zero attached hydrogens (tertiary/aromatic N) is 3. The molecule has 7 nitrogen and oxygen atoms in total. The van der Waals surface area contributed by atoms with Crippen LogP contribution < -0.4 is 5.32 Å². The molecule has 4 rings (SSSR count). The number of hydrogen-bond acceptors (Lipinski definition) is 4. The molecule has 3 fully saturated rings. The van der Waals surface area contributed by atoms with Crippen LogP contribution in [0.2, 0.25) is 0 Å². The van der Waals surface area contributed by atoms with E-state index in [4.69, 9.17) is 0 Å². The molecule has 1 N–H and O–H groups in total. The molecular formula is C24H34N4O3. The summed E-state index contributed by atoms with van der Waals surface area (Å²) in [6.07, 6.45) is 4.49. The van der Waals surface area contributed by atoms with Gasteiger partial charge in [-0.25, -0.2) is 0 Å². The van der Waals surface area contributed by atoms with E-state index in [1.165, 1.54) is 0 Å². The van der Waals surface area contributed by atoms with Crippen molar-refractivity contribution < 1.29 is 14.4 Å². The fourth-order valence-electron chi connectivity index (χ4n) is 4.66. The molecule has 2 heterocycles. The van der Waals surface area contributed by atoms with Crippen LogP contribution in [0.1, 0.15) is 38.2 Å². The van der Waals surface area contributed by atoms with Crippen molar-refractivity contribution in [2.24, 2.45) is 11.8 Å². The first kappa shape index (κ1) is 21.8. The average Bonchev–Trinajstić information content (AvgIpc) is 3.64. The summed E-state index contributed by atoms with van der Waals surface area (Å²) in [4.78, 5) is 43.6. The third kappa shape index (κ3) is 5.45. The van der Waals surface area contributed by atoms with E-state index in [9.17, 15) is 14.4 Å². The number of para-hydroxylation sites is 1. The third-order valence-corrected chi connectivity index (χ3v) is 6.81. The van der Waals surface area contributed by atoms with E-state index in [1.807, 2.05) is 34.1 Å². The van der Waals surface area contributed by atoms with Gasteiger partial charge in [0.25, 0.3) is 0 Å². The standard InChI is InChI=1S/C24H34N4O3/c1-2-18-5-3-4-6-21(18)25-22(29)17-26-13-15-28(16-14-26)24(31)20-9-11-27(12-10-20)23(30)19-7-8-19/h3-6,19-20H,2,7-17H2,1H3,(H,25,29). The number of nitrogens with one attached hydrogen (secondary N) is 1. The molecule has 2 aliphatic heterocycles. The predicted octanol–water partition coefficient (Wildman–Crippen LogP) is 1.98. The Hall–Kier alpha value is -2.41. The number of piperidine rings is 1. The Kier molecular flexibility index (Phi) is 6.90. The first-order valence-electron chi connectivity index (χ1n) is 11.7. The third-order valence-electron chi connectivity index (χ3n) is 6.81. The molecule has 7 heteroatoms. The Labute approximate surface area is 184 Å². The van der Waals surface area contributed by atoms with Crippen molar-refractivity contribution in [1.82, 2.24) is 14.7 Å². The van der Waals surface area contributed by atoms with Crippen molar-refractivity contribution in [2.45, 2.75) is 39.0 Å². The maximum atomic E-state index is 12.9. The molecule has 0 aromatic heterocycles. The normalized spacial score (nSPS) is 20.5. The van der Waals surface area contributed by atoms with Gasteiger partial charge < -0.3 is 15.1 Å². The Morgan fingerprint density at radius 2 is 1.42 bits per heavy atom. The first-order valence-corrected chi connectivity index (χ1v) is 11.7. The minimum absolute atomic E-state index is 0.00613. The second-order valence-corrected chi connectivity index (χ2v) is 9.03. The molecule has 0 radical (unpaired) electrons. The molecule has 3 amide bonds. The van der Waals surface area contributed by atoms with E-state index in [0.717, 1.165) is 43.4 Å². The van der Waals surface area contributed by atoms with E-state index in [1.54, 1.807) is 0 Å². The van der Waals surface area contributed by atoms with Crippen LogP contribution in [0, 0.1) is 11.8 Å². The number of amides is 3. The van der Waals surface area contributed by atoms with Gasteiger partial charge in [-0.15, -0.1) is 0 Å². The quantitative estimate of drug-likeness (QED) is 0.755. The maximum absolute atomic E-state index is 12.9. The molecule has 3 aliphatic rings. The summed E-state index contributed by atoms with van der Waals surface area (Å²) in [6, 6.07) is 7.90. The lowest BCUT2D eigenvalue weighted by atomic mass is 9.94. The van der Waals surface area contributed by atoms with Gasteiger partial charge in [0.05, 0.1) is 6.54 Å². The number of rotatable bonds is 6. The summed E-state index contributed by atoms with van der Waals surface area (Å²) in [5.74, 6) is 0.795. The van der Waals surface area contributed by atoms with E-state index < -0.39 is 0 Å². The number of likely N-dealkylation sites (tertiary alicyclic amines) is 1. The van der Waals surface area contributed by atoms with Crippen LogP contribution in [-0.4, -0.2) is 78.2 Å². The molecule has 168 valence electrons. The van der Waals surface area contributed by atoms with Crippen LogP contribution >= 0.6 is 0 Å². The van der Waals surface area contributed by atoms with Gasteiger partial charge in [-0.2, -0.15) is 0 Å². The molecule has 1 aliphatic carbocycles. The maximum Gasteiger partial charge on any atom is 0.238 e. The highest BCUT2D eigenvalue weighted by atomic mass is 16.2. The second kappa shape index (κ2) is 9.81. The van der Waals surface area contributed by atoms with Crippen LogP contribution in [0.3, 0.4) is 0 Å². The number of benzene rings is 1. The zero-order valence-electron chi connectivity index (χ0n) is 18.5. The molecule has 1 aromatic carbocycles. The van der Waals surface area contributed by atoms with Crippen molar-refractivity contribution in [3.05, 3.63) is 29.8 Å². The Morgan fingerprint density at radius 1 is 0.839 bits per heavy atom. The van der Waals surface area contributed by atoms with Crippen molar-refractivity contribution in [2.75, 3.05) is 51.1 Å². The van der Waals surface area contributed by atoms with Gasteiger partial charge in [-0.05, 0) is 43.7 Å². The monoisotopic (exact) mass is 426 g/mol. The molecule has 0 atom stereocenters. The highest BCUT2D eigenvalue weighted by molar-refractivity contribution is 5.93. The second-order valence-electron chi connectivity index (χ2n) is 9.03. The zero-order chi connectivity index (χ0) is 21.8. The van der Waals surface area contributed by atoms with Gasteiger partial charge in [0.1, 0.15) is 0 Å². The molecule has 2 saturated heterocycles. The number of carbonyl (C=O) groups excluding carboxylic acids is 3. The number of anilines is 1.